The van der Waals surface area contributed by atoms with E-state index >= 15 is 0 Å². The molecule has 0 radical (unpaired) electrons. The Morgan fingerprint density at radius 3 is 2.45 bits per heavy atom. The fraction of sp³-hybridized carbons (Fsp3) is 0.419. The van der Waals surface area contributed by atoms with E-state index in [1.165, 1.54) is 21.6 Å². The molecule has 1 fully saturated rings. The standard InChI is InChI=1S/C31H37N3O3S/c1-22-7-4-5-8-26(22)30-27-14-20-38-28(27)13-17-34(30)23(2)31(36)33-16-6-15-32(18-19-33)29(35)21-24-9-11-25(37-3)12-10-24/h4-5,7-12,14,20,23,30H,6,13,15-19,21H2,1-3H3. The van der Waals surface area contributed by atoms with Crippen LogP contribution in [0.4, 0.5) is 0 Å². The van der Waals surface area contributed by atoms with Gasteiger partial charge in [-0.3, -0.25) is 14.5 Å². The predicted octanol–water partition coefficient (Wildman–Crippen LogP) is 4.70. The van der Waals surface area contributed by atoms with Gasteiger partial charge in [-0.2, -0.15) is 0 Å². The van der Waals surface area contributed by atoms with Crippen molar-refractivity contribution in [1.82, 2.24) is 14.7 Å². The topological polar surface area (TPSA) is 53.1 Å². The van der Waals surface area contributed by atoms with E-state index in [0.29, 0.717) is 32.6 Å². The Balaban J connectivity index is 1.26. The van der Waals surface area contributed by atoms with Gasteiger partial charge in [-0.15, -0.1) is 11.3 Å². The number of hydrogen-bond donors (Lipinski definition) is 0. The molecule has 0 saturated carbocycles. The maximum absolute atomic E-state index is 13.9. The summed E-state index contributed by atoms with van der Waals surface area (Å²) in [6, 6.07) is 18.3. The lowest BCUT2D eigenvalue weighted by Crippen LogP contribution is -2.51. The molecule has 2 amide bonds. The van der Waals surface area contributed by atoms with Crippen LogP contribution in [0.15, 0.2) is 60.0 Å². The van der Waals surface area contributed by atoms with E-state index in [1.807, 2.05) is 45.4 Å². The SMILES string of the molecule is COc1ccc(CC(=O)N2CCCN(C(=O)C(C)N3CCc4sccc4C3c3ccccc3C)CC2)cc1. The van der Waals surface area contributed by atoms with Crippen LogP contribution in [-0.2, 0) is 22.4 Å². The highest BCUT2D eigenvalue weighted by atomic mass is 32.1. The van der Waals surface area contributed by atoms with E-state index < -0.39 is 0 Å². The first-order valence-electron chi connectivity index (χ1n) is 13.5. The number of benzene rings is 2. The van der Waals surface area contributed by atoms with Gasteiger partial charge in [0.2, 0.25) is 11.8 Å². The third kappa shape index (κ3) is 5.49. The molecule has 1 saturated heterocycles. The fourth-order valence-electron chi connectivity index (χ4n) is 5.82. The lowest BCUT2D eigenvalue weighted by atomic mass is 9.89. The molecule has 0 N–H and O–H groups in total. The summed E-state index contributed by atoms with van der Waals surface area (Å²) >= 11 is 1.82. The minimum atomic E-state index is -0.241. The van der Waals surface area contributed by atoms with E-state index in [-0.39, 0.29) is 23.9 Å². The molecule has 2 aromatic carbocycles. The molecule has 6 nitrogen and oxygen atoms in total. The van der Waals surface area contributed by atoms with E-state index in [2.05, 4.69) is 54.5 Å². The van der Waals surface area contributed by atoms with Crippen LogP contribution in [0.3, 0.4) is 0 Å². The largest absolute Gasteiger partial charge is 0.497 e. The van der Waals surface area contributed by atoms with Crippen LogP contribution in [0, 0.1) is 6.92 Å². The van der Waals surface area contributed by atoms with Gasteiger partial charge in [0, 0.05) is 37.6 Å². The van der Waals surface area contributed by atoms with Crippen LogP contribution < -0.4 is 4.74 Å². The predicted molar refractivity (Wildman–Crippen MR) is 152 cm³/mol. The molecule has 1 aromatic heterocycles. The highest BCUT2D eigenvalue weighted by Crippen LogP contribution is 2.40. The molecule has 2 unspecified atom stereocenters. The molecule has 7 heteroatoms. The minimum Gasteiger partial charge on any atom is -0.497 e. The molecule has 2 aliphatic rings. The average molecular weight is 532 g/mol. The zero-order valence-electron chi connectivity index (χ0n) is 22.6. The average Bonchev–Trinajstić information content (AvgIpc) is 3.28. The van der Waals surface area contributed by atoms with Gasteiger partial charge in [-0.25, -0.2) is 0 Å². The van der Waals surface area contributed by atoms with E-state index in [1.54, 1.807) is 7.11 Å². The van der Waals surface area contributed by atoms with Gasteiger partial charge >= 0.3 is 0 Å². The number of thiophene rings is 1. The summed E-state index contributed by atoms with van der Waals surface area (Å²) in [5.41, 5.74) is 4.84. The maximum Gasteiger partial charge on any atom is 0.239 e. The number of carbonyl (C=O) groups is 2. The van der Waals surface area contributed by atoms with Crippen molar-refractivity contribution in [2.75, 3.05) is 39.8 Å². The lowest BCUT2D eigenvalue weighted by Gasteiger charge is -2.41. The van der Waals surface area contributed by atoms with Crippen molar-refractivity contribution in [2.45, 2.75) is 45.2 Å². The minimum absolute atomic E-state index is 0.0831. The Morgan fingerprint density at radius 2 is 1.68 bits per heavy atom. The lowest BCUT2D eigenvalue weighted by molar-refractivity contribution is -0.138. The van der Waals surface area contributed by atoms with Gasteiger partial charge in [0.25, 0.3) is 0 Å². The molecule has 2 atom stereocenters. The Hall–Kier alpha value is -3.16. The Morgan fingerprint density at radius 1 is 0.947 bits per heavy atom. The molecule has 0 aliphatic carbocycles. The summed E-state index contributed by atoms with van der Waals surface area (Å²) in [5, 5.41) is 2.18. The monoisotopic (exact) mass is 531 g/mol. The van der Waals surface area contributed by atoms with Crippen LogP contribution >= 0.6 is 11.3 Å². The number of hydrogen-bond acceptors (Lipinski definition) is 5. The van der Waals surface area contributed by atoms with Crippen LogP contribution in [0.25, 0.3) is 0 Å². The molecule has 0 bridgehead atoms. The summed E-state index contributed by atoms with van der Waals surface area (Å²) in [6.45, 7) is 7.59. The van der Waals surface area contributed by atoms with Crippen molar-refractivity contribution < 1.29 is 14.3 Å². The zero-order chi connectivity index (χ0) is 26.6. The first-order chi connectivity index (χ1) is 18.5. The Kier molecular flexibility index (Phi) is 8.15. The number of nitrogens with zero attached hydrogens (tertiary/aromatic N) is 3. The van der Waals surface area contributed by atoms with Gasteiger partial charge in [-0.1, -0.05) is 36.4 Å². The molecular weight excluding hydrogens is 494 g/mol. The summed E-state index contributed by atoms with van der Waals surface area (Å²) in [4.78, 5) is 34.6. The second kappa shape index (κ2) is 11.7. The zero-order valence-corrected chi connectivity index (χ0v) is 23.4. The number of aryl methyl sites for hydroxylation is 1. The highest BCUT2D eigenvalue weighted by Gasteiger charge is 2.37. The Labute approximate surface area is 229 Å². The molecule has 3 heterocycles. The second-order valence-electron chi connectivity index (χ2n) is 10.3. The van der Waals surface area contributed by atoms with E-state index in [0.717, 1.165) is 30.7 Å². The summed E-state index contributed by atoms with van der Waals surface area (Å²) in [5.74, 6) is 1.05. The smallest absolute Gasteiger partial charge is 0.239 e. The molecule has 38 heavy (non-hydrogen) atoms. The molecule has 2 aliphatic heterocycles. The van der Waals surface area contributed by atoms with Crippen molar-refractivity contribution >= 4 is 23.2 Å². The van der Waals surface area contributed by atoms with Crippen molar-refractivity contribution in [2.24, 2.45) is 0 Å². The number of ether oxygens (including phenoxy) is 1. The third-order valence-corrected chi connectivity index (χ3v) is 9.01. The van der Waals surface area contributed by atoms with Gasteiger partial charge in [0.1, 0.15) is 5.75 Å². The molecular formula is C31H37N3O3S. The molecule has 0 spiro atoms. The highest BCUT2D eigenvalue weighted by molar-refractivity contribution is 7.10. The van der Waals surface area contributed by atoms with Crippen LogP contribution in [0.1, 0.15) is 46.5 Å². The maximum atomic E-state index is 13.9. The van der Waals surface area contributed by atoms with Crippen molar-refractivity contribution in [3.05, 3.63) is 87.1 Å². The fourth-order valence-corrected chi connectivity index (χ4v) is 6.72. The van der Waals surface area contributed by atoms with Gasteiger partial charge in [0.05, 0.1) is 25.6 Å². The van der Waals surface area contributed by atoms with Crippen LogP contribution in [0.2, 0.25) is 0 Å². The summed E-state index contributed by atoms with van der Waals surface area (Å²) in [6.07, 6.45) is 2.13. The van der Waals surface area contributed by atoms with Gasteiger partial charge in [-0.05, 0) is 72.5 Å². The molecule has 5 rings (SSSR count). The third-order valence-electron chi connectivity index (χ3n) is 8.02. The summed E-state index contributed by atoms with van der Waals surface area (Å²) in [7, 11) is 1.64. The van der Waals surface area contributed by atoms with Crippen molar-refractivity contribution in [3.63, 3.8) is 0 Å². The Bertz CT molecular complexity index is 1270. The quantitative estimate of drug-likeness (QED) is 0.463. The number of rotatable bonds is 6. The van der Waals surface area contributed by atoms with E-state index in [4.69, 9.17) is 4.74 Å². The summed E-state index contributed by atoms with van der Waals surface area (Å²) < 4.78 is 5.22. The van der Waals surface area contributed by atoms with E-state index in [9.17, 15) is 9.59 Å². The number of amides is 2. The van der Waals surface area contributed by atoms with Crippen LogP contribution in [0.5, 0.6) is 5.75 Å². The van der Waals surface area contributed by atoms with Gasteiger partial charge in [0.15, 0.2) is 0 Å². The second-order valence-corrected chi connectivity index (χ2v) is 11.3. The van der Waals surface area contributed by atoms with Gasteiger partial charge < -0.3 is 14.5 Å². The number of fused-ring (bicyclic) bond motifs is 1. The van der Waals surface area contributed by atoms with Crippen molar-refractivity contribution in [3.8, 4) is 5.75 Å². The number of carbonyl (C=O) groups excluding carboxylic acids is 2. The normalized spacial score (nSPS) is 19.0. The van der Waals surface area contributed by atoms with Crippen LogP contribution in [-0.4, -0.2) is 72.4 Å². The van der Waals surface area contributed by atoms with Crippen molar-refractivity contribution in [1.29, 1.82) is 0 Å². The number of methoxy groups -OCH3 is 1. The first-order valence-corrected chi connectivity index (χ1v) is 14.4. The molecule has 3 aromatic rings. The first kappa shape index (κ1) is 26.4. The molecule has 200 valence electrons.